The van der Waals surface area contributed by atoms with Crippen LogP contribution in [0, 0.1) is 0 Å². The minimum absolute atomic E-state index is 0.328. The van der Waals surface area contributed by atoms with Gasteiger partial charge >= 0.3 is 5.97 Å². The van der Waals surface area contributed by atoms with Crippen LogP contribution in [0.15, 0.2) is 78.0 Å². The molecule has 0 aliphatic rings. The molecule has 0 saturated heterocycles. The van der Waals surface area contributed by atoms with E-state index in [9.17, 15) is 4.79 Å². The summed E-state index contributed by atoms with van der Waals surface area (Å²) in [6.45, 7) is 0.739. The van der Waals surface area contributed by atoms with E-state index in [0.29, 0.717) is 10.6 Å². The van der Waals surface area contributed by atoms with Crippen LogP contribution in [0.3, 0.4) is 0 Å². The number of nitrogens with zero attached hydrogens (tertiary/aromatic N) is 2. The summed E-state index contributed by atoms with van der Waals surface area (Å²) in [7, 11) is 1.38. The fourth-order valence-electron chi connectivity index (χ4n) is 3.11. The van der Waals surface area contributed by atoms with E-state index < -0.39 is 0 Å². The molecule has 0 atom stereocenters. The van der Waals surface area contributed by atoms with Crippen molar-refractivity contribution in [1.29, 1.82) is 0 Å². The average molecular weight is 423 g/mol. The molecule has 0 fully saturated rings. The molecule has 0 unspecified atom stereocenters. The molecule has 0 N–H and O–H groups in total. The molecule has 0 aliphatic heterocycles. The minimum Gasteiger partial charge on any atom is -0.465 e. The summed E-state index contributed by atoms with van der Waals surface area (Å²) >= 11 is 7.84. The van der Waals surface area contributed by atoms with Crippen LogP contribution < -0.4 is 0 Å². The zero-order chi connectivity index (χ0) is 20.2. The van der Waals surface area contributed by atoms with Gasteiger partial charge in [-0.05, 0) is 41.5 Å². The lowest BCUT2D eigenvalue weighted by molar-refractivity contribution is 0.0600. The van der Waals surface area contributed by atoms with Gasteiger partial charge in [0.25, 0.3) is 0 Å². The maximum atomic E-state index is 11.6. The molecular weight excluding hydrogens is 404 g/mol. The first-order valence-corrected chi connectivity index (χ1v) is 10.5. The molecule has 3 aromatic carbocycles. The molecule has 6 heteroatoms. The lowest BCUT2D eigenvalue weighted by Crippen LogP contribution is -2.02. The van der Waals surface area contributed by atoms with Gasteiger partial charge in [-0.2, -0.15) is 0 Å². The molecule has 0 bridgehead atoms. The summed E-state index contributed by atoms with van der Waals surface area (Å²) in [5.41, 5.74) is 4.82. The summed E-state index contributed by atoms with van der Waals surface area (Å²) in [6, 6.07) is 23.6. The van der Waals surface area contributed by atoms with Crippen molar-refractivity contribution < 1.29 is 9.53 Å². The van der Waals surface area contributed by atoms with Crippen molar-refractivity contribution in [3.63, 3.8) is 0 Å². The number of carbonyl (C=O) groups excluding carboxylic acids is 1. The second-order valence-electron chi connectivity index (χ2n) is 6.58. The van der Waals surface area contributed by atoms with Crippen LogP contribution in [0.25, 0.3) is 11.0 Å². The van der Waals surface area contributed by atoms with E-state index in [2.05, 4.69) is 16.7 Å². The molecule has 0 saturated carbocycles. The van der Waals surface area contributed by atoms with Gasteiger partial charge in [-0.1, -0.05) is 65.8 Å². The van der Waals surface area contributed by atoms with Crippen LogP contribution in [-0.2, 0) is 17.0 Å². The summed E-state index contributed by atoms with van der Waals surface area (Å²) in [5.74, 6) is 0.415. The van der Waals surface area contributed by atoms with Gasteiger partial charge in [0.2, 0.25) is 0 Å². The quantitative estimate of drug-likeness (QED) is 0.290. The Kier molecular flexibility index (Phi) is 5.88. The molecule has 1 heterocycles. The predicted molar refractivity (Wildman–Crippen MR) is 118 cm³/mol. The number of carbonyl (C=O) groups is 1. The smallest absolute Gasteiger partial charge is 0.337 e. The van der Waals surface area contributed by atoms with Gasteiger partial charge in [0.1, 0.15) is 0 Å². The molecule has 0 radical (unpaired) electrons. The van der Waals surface area contributed by atoms with Crippen LogP contribution in [0.1, 0.15) is 21.5 Å². The maximum Gasteiger partial charge on any atom is 0.337 e. The van der Waals surface area contributed by atoms with Crippen LogP contribution in [0.4, 0.5) is 0 Å². The lowest BCUT2D eigenvalue weighted by atomic mass is 10.1. The summed E-state index contributed by atoms with van der Waals surface area (Å²) in [5, 5.41) is 1.61. The van der Waals surface area contributed by atoms with E-state index in [1.54, 1.807) is 23.9 Å². The van der Waals surface area contributed by atoms with Gasteiger partial charge in [-0.25, -0.2) is 9.78 Å². The van der Waals surface area contributed by atoms with Crippen LogP contribution in [0.2, 0.25) is 5.02 Å². The number of methoxy groups -OCH3 is 1. The highest BCUT2D eigenvalue weighted by Gasteiger charge is 2.13. The number of benzene rings is 3. The number of thioether (sulfide) groups is 1. The van der Waals surface area contributed by atoms with Gasteiger partial charge in [0.15, 0.2) is 5.16 Å². The van der Waals surface area contributed by atoms with Crippen molar-refractivity contribution in [2.45, 2.75) is 17.5 Å². The number of imidazole rings is 1. The van der Waals surface area contributed by atoms with Crippen molar-refractivity contribution >= 4 is 40.4 Å². The van der Waals surface area contributed by atoms with E-state index in [1.807, 2.05) is 48.5 Å². The van der Waals surface area contributed by atoms with E-state index in [0.717, 1.165) is 34.1 Å². The molecule has 1 aromatic heterocycles. The largest absolute Gasteiger partial charge is 0.465 e. The predicted octanol–water partition coefficient (Wildman–Crippen LogP) is 5.82. The molecule has 4 rings (SSSR count). The third-order valence-corrected chi connectivity index (χ3v) is 5.88. The Hall–Kier alpha value is -2.76. The lowest BCUT2D eigenvalue weighted by Gasteiger charge is -2.09. The SMILES string of the molecule is COC(=O)c1ccc(CSc2nc3cc(Cl)ccc3n2Cc2ccccc2)cc1. The monoisotopic (exact) mass is 422 g/mol. The first kappa shape index (κ1) is 19.6. The van der Waals surface area contributed by atoms with Crippen LogP contribution >= 0.6 is 23.4 Å². The maximum absolute atomic E-state index is 11.6. The third-order valence-electron chi connectivity index (χ3n) is 4.60. The Bertz CT molecular complexity index is 1140. The van der Waals surface area contributed by atoms with E-state index >= 15 is 0 Å². The van der Waals surface area contributed by atoms with Crippen LogP contribution in [0.5, 0.6) is 0 Å². The van der Waals surface area contributed by atoms with E-state index in [1.165, 1.54) is 12.7 Å². The summed E-state index contributed by atoms with van der Waals surface area (Å²) in [6.07, 6.45) is 0. The van der Waals surface area contributed by atoms with Gasteiger partial charge in [0.05, 0.1) is 30.3 Å². The van der Waals surface area contributed by atoms with E-state index in [4.69, 9.17) is 21.3 Å². The van der Waals surface area contributed by atoms with Crippen molar-refractivity contribution in [2.24, 2.45) is 0 Å². The topological polar surface area (TPSA) is 44.1 Å². The molecule has 0 aliphatic carbocycles. The number of esters is 1. The zero-order valence-corrected chi connectivity index (χ0v) is 17.4. The van der Waals surface area contributed by atoms with Gasteiger partial charge in [-0.15, -0.1) is 0 Å². The Morgan fingerprint density at radius 2 is 1.79 bits per heavy atom. The second kappa shape index (κ2) is 8.72. The minimum atomic E-state index is -0.328. The van der Waals surface area contributed by atoms with Gasteiger partial charge in [-0.3, -0.25) is 0 Å². The molecule has 4 nitrogen and oxygen atoms in total. The van der Waals surface area contributed by atoms with E-state index in [-0.39, 0.29) is 5.97 Å². The standard InChI is InChI=1S/C23H19ClN2O2S/c1-28-22(27)18-9-7-17(8-10-18)15-29-23-25-20-13-19(24)11-12-21(20)26(23)14-16-5-3-2-4-6-16/h2-13H,14-15H2,1H3. The van der Waals surface area contributed by atoms with Gasteiger partial charge < -0.3 is 9.30 Å². The first-order valence-electron chi connectivity index (χ1n) is 9.14. The number of aromatic nitrogens is 2. The number of rotatable bonds is 6. The number of halogens is 1. The summed E-state index contributed by atoms with van der Waals surface area (Å²) in [4.78, 5) is 16.4. The number of hydrogen-bond donors (Lipinski definition) is 0. The van der Waals surface area contributed by atoms with Gasteiger partial charge in [0, 0.05) is 10.8 Å². The number of fused-ring (bicyclic) bond motifs is 1. The fourth-order valence-corrected chi connectivity index (χ4v) is 4.25. The van der Waals surface area contributed by atoms with Crippen molar-refractivity contribution in [3.8, 4) is 0 Å². The molecule has 0 amide bonds. The number of hydrogen-bond acceptors (Lipinski definition) is 4. The highest BCUT2D eigenvalue weighted by atomic mass is 35.5. The molecule has 146 valence electrons. The molecule has 29 heavy (non-hydrogen) atoms. The molecule has 0 spiro atoms. The average Bonchev–Trinajstić information content (AvgIpc) is 3.09. The number of ether oxygens (including phenoxy) is 1. The Balaban J connectivity index is 1.60. The van der Waals surface area contributed by atoms with Crippen molar-refractivity contribution in [1.82, 2.24) is 9.55 Å². The Labute approximate surface area is 178 Å². The molecular formula is C23H19ClN2O2S. The normalized spacial score (nSPS) is 11.0. The highest BCUT2D eigenvalue weighted by molar-refractivity contribution is 7.98. The first-order chi connectivity index (χ1) is 14.1. The van der Waals surface area contributed by atoms with Crippen molar-refractivity contribution in [3.05, 3.63) is 94.5 Å². The molecule has 4 aromatic rings. The fraction of sp³-hybridized carbons (Fsp3) is 0.130. The second-order valence-corrected chi connectivity index (χ2v) is 7.96. The summed E-state index contributed by atoms with van der Waals surface area (Å²) < 4.78 is 6.97. The highest BCUT2D eigenvalue weighted by Crippen LogP contribution is 2.29. The van der Waals surface area contributed by atoms with Crippen LogP contribution in [-0.4, -0.2) is 22.6 Å². The Morgan fingerprint density at radius 3 is 2.52 bits per heavy atom. The zero-order valence-electron chi connectivity index (χ0n) is 15.8. The van der Waals surface area contributed by atoms with Crippen molar-refractivity contribution in [2.75, 3.05) is 7.11 Å². The third kappa shape index (κ3) is 4.47. The Morgan fingerprint density at radius 1 is 1.03 bits per heavy atom.